The predicted octanol–water partition coefficient (Wildman–Crippen LogP) is 2.57. The van der Waals surface area contributed by atoms with Crippen LogP contribution < -0.4 is 0 Å². The Labute approximate surface area is 98.4 Å². The molecule has 90 valence electrons. The van der Waals surface area contributed by atoms with Crippen molar-refractivity contribution in [3.8, 4) is 6.07 Å². The highest BCUT2D eigenvalue weighted by atomic mass is 16.2. The lowest BCUT2D eigenvalue weighted by atomic mass is 10.1. The number of rotatable bonds is 6. The standard InChI is InChI=1S/C13H22N2O/c1-4-11(9-14)13(16)15(12-5-6-12)8-7-10(2)3/h10-12H,4-8H2,1-3H3. The summed E-state index contributed by atoms with van der Waals surface area (Å²) in [6.07, 6.45) is 3.89. The number of hydrogen-bond donors (Lipinski definition) is 0. The van der Waals surface area contributed by atoms with E-state index < -0.39 is 5.92 Å². The third-order valence-electron chi connectivity index (χ3n) is 3.08. The Hall–Kier alpha value is -1.04. The zero-order valence-corrected chi connectivity index (χ0v) is 10.6. The molecule has 1 saturated carbocycles. The quantitative estimate of drug-likeness (QED) is 0.693. The first-order valence-corrected chi connectivity index (χ1v) is 6.30. The van der Waals surface area contributed by atoms with Gasteiger partial charge < -0.3 is 4.90 Å². The van der Waals surface area contributed by atoms with E-state index in [4.69, 9.17) is 5.26 Å². The molecule has 0 aliphatic heterocycles. The van der Waals surface area contributed by atoms with Crippen LogP contribution in [0.1, 0.15) is 46.5 Å². The molecule has 0 saturated heterocycles. The van der Waals surface area contributed by atoms with E-state index in [0.717, 1.165) is 25.8 Å². The van der Waals surface area contributed by atoms with Gasteiger partial charge in [-0.25, -0.2) is 0 Å². The minimum Gasteiger partial charge on any atom is -0.339 e. The van der Waals surface area contributed by atoms with Crippen molar-refractivity contribution in [2.45, 2.75) is 52.5 Å². The van der Waals surface area contributed by atoms with Gasteiger partial charge in [0.25, 0.3) is 0 Å². The highest BCUT2D eigenvalue weighted by Gasteiger charge is 2.34. The Kier molecular flexibility index (Phi) is 4.79. The van der Waals surface area contributed by atoms with Gasteiger partial charge >= 0.3 is 0 Å². The molecule has 0 N–H and O–H groups in total. The van der Waals surface area contributed by atoms with Crippen molar-refractivity contribution in [1.82, 2.24) is 4.90 Å². The van der Waals surface area contributed by atoms with Crippen LogP contribution in [0, 0.1) is 23.2 Å². The summed E-state index contributed by atoms with van der Waals surface area (Å²) in [6, 6.07) is 2.54. The zero-order chi connectivity index (χ0) is 12.1. The molecule has 16 heavy (non-hydrogen) atoms. The maximum atomic E-state index is 12.1. The Balaban J connectivity index is 2.55. The largest absolute Gasteiger partial charge is 0.339 e. The first-order valence-electron chi connectivity index (χ1n) is 6.30. The Morgan fingerprint density at radius 1 is 1.50 bits per heavy atom. The molecule has 1 rings (SSSR count). The van der Waals surface area contributed by atoms with Gasteiger partial charge in [0, 0.05) is 12.6 Å². The summed E-state index contributed by atoms with van der Waals surface area (Å²) < 4.78 is 0. The lowest BCUT2D eigenvalue weighted by Gasteiger charge is -2.25. The second-order valence-corrected chi connectivity index (χ2v) is 5.04. The summed E-state index contributed by atoms with van der Waals surface area (Å²) in [5, 5.41) is 8.93. The fourth-order valence-corrected chi connectivity index (χ4v) is 1.78. The number of amides is 1. The van der Waals surface area contributed by atoms with Gasteiger partial charge in [-0.15, -0.1) is 0 Å². The van der Waals surface area contributed by atoms with E-state index in [0.29, 0.717) is 18.4 Å². The van der Waals surface area contributed by atoms with Crippen molar-refractivity contribution in [3.05, 3.63) is 0 Å². The van der Waals surface area contributed by atoms with Crippen LogP contribution in [-0.2, 0) is 4.79 Å². The lowest BCUT2D eigenvalue weighted by Crippen LogP contribution is -2.38. The van der Waals surface area contributed by atoms with E-state index in [1.54, 1.807) is 0 Å². The Bertz CT molecular complexity index is 276. The molecule has 0 radical (unpaired) electrons. The van der Waals surface area contributed by atoms with Crippen LogP contribution in [0.3, 0.4) is 0 Å². The van der Waals surface area contributed by atoms with E-state index >= 15 is 0 Å². The van der Waals surface area contributed by atoms with Gasteiger partial charge in [0.05, 0.1) is 6.07 Å². The fraction of sp³-hybridized carbons (Fsp3) is 0.846. The average molecular weight is 222 g/mol. The van der Waals surface area contributed by atoms with E-state index in [1.165, 1.54) is 0 Å². The van der Waals surface area contributed by atoms with E-state index in [-0.39, 0.29) is 5.91 Å². The van der Waals surface area contributed by atoms with Gasteiger partial charge in [-0.2, -0.15) is 5.26 Å². The van der Waals surface area contributed by atoms with Crippen molar-refractivity contribution < 1.29 is 4.79 Å². The lowest BCUT2D eigenvalue weighted by molar-refractivity contribution is -0.134. The summed E-state index contributed by atoms with van der Waals surface area (Å²) in [7, 11) is 0. The second-order valence-electron chi connectivity index (χ2n) is 5.04. The summed E-state index contributed by atoms with van der Waals surface area (Å²) in [6.45, 7) is 7.05. The summed E-state index contributed by atoms with van der Waals surface area (Å²) >= 11 is 0. The van der Waals surface area contributed by atoms with E-state index in [2.05, 4.69) is 19.9 Å². The molecule has 0 heterocycles. The van der Waals surface area contributed by atoms with Crippen LogP contribution in [0.5, 0.6) is 0 Å². The van der Waals surface area contributed by atoms with Gasteiger partial charge in [0.15, 0.2) is 0 Å². The van der Waals surface area contributed by atoms with Crippen LogP contribution in [0.2, 0.25) is 0 Å². The average Bonchev–Trinajstić information content (AvgIpc) is 3.03. The molecule has 1 fully saturated rings. The summed E-state index contributed by atoms with van der Waals surface area (Å²) in [4.78, 5) is 14.0. The van der Waals surface area contributed by atoms with Gasteiger partial charge in [0.2, 0.25) is 5.91 Å². The van der Waals surface area contributed by atoms with Gasteiger partial charge in [-0.3, -0.25) is 4.79 Å². The second kappa shape index (κ2) is 5.89. The first-order chi connectivity index (χ1) is 7.60. The SMILES string of the molecule is CCC(C#N)C(=O)N(CCC(C)C)C1CC1. The molecule has 1 amide bonds. The number of hydrogen-bond acceptors (Lipinski definition) is 2. The third-order valence-corrected chi connectivity index (χ3v) is 3.08. The van der Waals surface area contributed by atoms with Gasteiger partial charge in [0.1, 0.15) is 5.92 Å². The topological polar surface area (TPSA) is 44.1 Å². The molecule has 0 aromatic rings. The molecule has 0 aromatic heterocycles. The summed E-state index contributed by atoms with van der Waals surface area (Å²) in [5.41, 5.74) is 0. The minimum atomic E-state index is -0.437. The Morgan fingerprint density at radius 2 is 2.12 bits per heavy atom. The van der Waals surface area contributed by atoms with Crippen LogP contribution in [-0.4, -0.2) is 23.4 Å². The highest BCUT2D eigenvalue weighted by molar-refractivity contribution is 5.81. The van der Waals surface area contributed by atoms with Crippen LogP contribution in [0.15, 0.2) is 0 Å². The smallest absolute Gasteiger partial charge is 0.240 e. The molecule has 3 heteroatoms. The maximum absolute atomic E-state index is 12.1. The van der Waals surface area contributed by atoms with E-state index in [1.807, 2.05) is 11.8 Å². The maximum Gasteiger partial charge on any atom is 0.240 e. The van der Waals surface area contributed by atoms with E-state index in [9.17, 15) is 4.79 Å². The highest BCUT2D eigenvalue weighted by Crippen LogP contribution is 2.29. The monoisotopic (exact) mass is 222 g/mol. The predicted molar refractivity (Wildman–Crippen MR) is 63.6 cm³/mol. The molecular formula is C13H22N2O. The summed E-state index contributed by atoms with van der Waals surface area (Å²) in [5.74, 6) is 0.220. The van der Waals surface area contributed by atoms with Crippen LogP contribution in [0.25, 0.3) is 0 Å². The molecule has 1 aliphatic carbocycles. The number of nitriles is 1. The molecule has 3 nitrogen and oxygen atoms in total. The molecule has 0 spiro atoms. The Morgan fingerprint density at radius 3 is 2.50 bits per heavy atom. The van der Waals surface area contributed by atoms with Crippen molar-refractivity contribution >= 4 is 5.91 Å². The number of carbonyl (C=O) groups is 1. The van der Waals surface area contributed by atoms with Gasteiger partial charge in [-0.1, -0.05) is 20.8 Å². The molecule has 1 aliphatic rings. The zero-order valence-electron chi connectivity index (χ0n) is 10.6. The number of nitrogens with zero attached hydrogens (tertiary/aromatic N) is 2. The number of carbonyl (C=O) groups excluding carboxylic acids is 1. The molecule has 1 atom stereocenters. The normalized spacial score (nSPS) is 16.9. The molecule has 0 bridgehead atoms. The van der Waals surface area contributed by atoms with Crippen LogP contribution in [0.4, 0.5) is 0 Å². The van der Waals surface area contributed by atoms with Crippen molar-refractivity contribution in [2.24, 2.45) is 11.8 Å². The first kappa shape index (κ1) is 13.0. The van der Waals surface area contributed by atoms with Crippen molar-refractivity contribution in [1.29, 1.82) is 5.26 Å². The van der Waals surface area contributed by atoms with Crippen molar-refractivity contribution in [3.63, 3.8) is 0 Å². The molecular weight excluding hydrogens is 200 g/mol. The fourth-order valence-electron chi connectivity index (χ4n) is 1.78. The van der Waals surface area contributed by atoms with Crippen LogP contribution >= 0.6 is 0 Å². The molecule has 1 unspecified atom stereocenters. The minimum absolute atomic E-state index is 0.0492. The van der Waals surface area contributed by atoms with Gasteiger partial charge in [-0.05, 0) is 31.6 Å². The molecule has 0 aromatic carbocycles. The van der Waals surface area contributed by atoms with Crippen molar-refractivity contribution in [2.75, 3.05) is 6.54 Å². The third kappa shape index (κ3) is 3.52.